The van der Waals surface area contributed by atoms with Crippen LogP contribution >= 0.6 is 0 Å². The van der Waals surface area contributed by atoms with Gasteiger partial charge in [0.2, 0.25) is 0 Å². The Bertz CT molecular complexity index is 440. The zero-order chi connectivity index (χ0) is 18.5. The normalized spacial score (nSPS) is 33.0. The van der Waals surface area contributed by atoms with Crippen LogP contribution in [-0.2, 0) is 4.79 Å². The van der Waals surface area contributed by atoms with Gasteiger partial charge in [-0.05, 0) is 6.92 Å². The molecule has 1 fully saturated rings. The fraction of sp³-hybridized carbons (Fsp3) is 0.769. The highest BCUT2D eigenvalue weighted by Gasteiger charge is 2.55. The number of quaternary nitrogens is 1. The van der Waals surface area contributed by atoms with Crippen molar-refractivity contribution in [3.63, 3.8) is 0 Å². The Morgan fingerprint density at radius 1 is 1.00 bits per heavy atom. The maximum atomic E-state index is 11.2. The second-order valence-electron chi connectivity index (χ2n) is 5.52. The summed E-state index contributed by atoms with van der Waals surface area (Å²) in [6, 6.07) is 0. The van der Waals surface area contributed by atoms with Gasteiger partial charge in [-0.25, -0.2) is 9.28 Å². The zero-order valence-corrected chi connectivity index (χ0v) is 13.4. The number of carbonyl (C=O) groups is 1. The number of carboxylic acids is 1. The first-order chi connectivity index (χ1) is 11.3. The van der Waals surface area contributed by atoms with Crippen molar-refractivity contribution in [2.24, 2.45) is 0 Å². The molecule has 2 atom stereocenters. The van der Waals surface area contributed by atoms with Gasteiger partial charge in [-0.2, -0.15) is 9.80 Å². The van der Waals surface area contributed by atoms with Crippen LogP contribution in [-0.4, -0.2) is 115 Å². The molecule has 1 aliphatic rings. The Morgan fingerprint density at radius 2 is 1.46 bits per heavy atom. The number of aliphatic carboxylic acids is 1. The van der Waals surface area contributed by atoms with E-state index in [1.54, 1.807) is 0 Å². The van der Waals surface area contributed by atoms with Gasteiger partial charge in [-0.15, -0.1) is 0 Å². The van der Waals surface area contributed by atoms with Gasteiger partial charge in [0.1, 0.15) is 12.7 Å². The molecule has 0 spiro atoms. The van der Waals surface area contributed by atoms with E-state index in [1.807, 2.05) is 0 Å². The first-order valence-electron chi connectivity index (χ1n) is 7.45. The Kier molecular flexibility index (Phi) is 7.66. The van der Waals surface area contributed by atoms with Crippen molar-refractivity contribution in [2.45, 2.75) is 26.0 Å². The van der Waals surface area contributed by atoms with Crippen LogP contribution in [0.2, 0.25) is 0 Å². The van der Waals surface area contributed by atoms with Gasteiger partial charge < -0.3 is 35.7 Å². The van der Waals surface area contributed by atoms with Crippen LogP contribution in [0.5, 0.6) is 0 Å². The van der Waals surface area contributed by atoms with Gasteiger partial charge in [0.15, 0.2) is 6.35 Å². The predicted molar refractivity (Wildman–Crippen MR) is 79.2 cm³/mol. The number of rotatable bonds is 8. The number of carboxylic acid groups (broad SMARTS) is 1. The van der Waals surface area contributed by atoms with Crippen LogP contribution in [0.25, 0.3) is 0 Å². The van der Waals surface area contributed by atoms with E-state index in [9.17, 15) is 25.2 Å². The molecule has 7 N–H and O–H groups in total. The molecule has 1 aliphatic heterocycles. The van der Waals surface area contributed by atoms with Crippen LogP contribution in [0.15, 0.2) is 11.8 Å². The minimum Gasteiger partial charge on any atom is -0.478 e. The highest BCUT2D eigenvalue weighted by atomic mass is 16.4. The third-order valence-electron chi connectivity index (χ3n) is 4.02. The maximum Gasteiger partial charge on any atom is 0.336 e. The fourth-order valence-corrected chi connectivity index (χ4v) is 2.81. The largest absolute Gasteiger partial charge is 0.478 e. The molecule has 1 heterocycles. The number of aliphatic hydroxyl groups excluding tert-OH is 6. The second-order valence-corrected chi connectivity index (χ2v) is 5.52. The number of aliphatic hydroxyl groups is 6. The molecule has 0 aromatic carbocycles. The summed E-state index contributed by atoms with van der Waals surface area (Å²) >= 11 is 0. The summed E-state index contributed by atoms with van der Waals surface area (Å²) in [7, 11) is 0. The van der Waals surface area contributed by atoms with Gasteiger partial charge in [-0.1, -0.05) is 0 Å². The molecule has 140 valence electrons. The molecule has 0 saturated carbocycles. The fourth-order valence-electron chi connectivity index (χ4n) is 2.81. The highest BCUT2D eigenvalue weighted by Crippen LogP contribution is 2.31. The first-order valence-corrected chi connectivity index (χ1v) is 7.45. The van der Waals surface area contributed by atoms with Gasteiger partial charge in [0.25, 0.3) is 12.7 Å². The Hall–Kier alpha value is -1.15. The average Bonchev–Trinajstić information content (AvgIpc) is 2.53. The summed E-state index contributed by atoms with van der Waals surface area (Å²) in [5.74, 6) is -1.28. The lowest BCUT2D eigenvalue weighted by Gasteiger charge is -2.55. The molecular formula is C13H26N3O8+. The van der Waals surface area contributed by atoms with Crippen LogP contribution in [0.1, 0.15) is 6.92 Å². The smallest absolute Gasteiger partial charge is 0.336 e. The lowest BCUT2D eigenvalue weighted by molar-refractivity contribution is -1.00. The molecule has 0 aliphatic carbocycles. The summed E-state index contributed by atoms with van der Waals surface area (Å²) < 4.78 is -0.814. The first kappa shape index (κ1) is 20.9. The van der Waals surface area contributed by atoms with Crippen molar-refractivity contribution >= 4 is 5.97 Å². The number of nitrogens with zero attached hydrogens (tertiary/aromatic N) is 3. The van der Waals surface area contributed by atoms with Crippen molar-refractivity contribution in [3.8, 4) is 0 Å². The molecule has 0 bridgehead atoms. The Morgan fingerprint density at radius 3 is 1.79 bits per heavy atom. The van der Waals surface area contributed by atoms with E-state index in [4.69, 9.17) is 15.3 Å². The van der Waals surface area contributed by atoms with E-state index in [-0.39, 0.29) is 25.2 Å². The van der Waals surface area contributed by atoms with Crippen molar-refractivity contribution in [1.82, 2.24) is 9.80 Å². The van der Waals surface area contributed by atoms with E-state index >= 15 is 0 Å². The van der Waals surface area contributed by atoms with Crippen LogP contribution in [0.3, 0.4) is 0 Å². The molecule has 0 aromatic heterocycles. The molecule has 1 saturated heterocycles. The third-order valence-corrected chi connectivity index (χ3v) is 4.02. The molecule has 0 amide bonds. The van der Waals surface area contributed by atoms with Gasteiger partial charge in [-0.3, -0.25) is 0 Å². The number of hydrogen-bond donors (Lipinski definition) is 7. The Balaban J connectivity index is 3.44. The van der Waals surface area contributed by atoms with E-state index in [2.05, 4.69) is 0 Å². The van der Waals surface area contributed by atoms with E-state index in [1.165, 1.54) is 6.92 Å². The summed E-state index contributed by atoms with van der Waals surface area (Å²) in [4.78, 5) is 13.2. The maximum absolute atomic E-state index is 11.2. The minimum atomic E-state index is -1.63. The van der Waals surface area contributed by atoms with Gasteiger partial charge >= 0.3 is 5.97 Å². The summed E-state index contributed by atoms with van der Waals surface area (Å²) in [6.07, 6.45) is -3.69. The Labute approximate surface area is 139 Å². The quantitative estimate of drug-likeness (QED) is 0.170. The predicted octanol–water partition coefficient (Wildman–Crippen LogP) is -3.79. The molecule has 0 radical (unpaired) electrons. The van der Waals surface area contributed by atoms with Crippen molar-refractivity contribution < 1.29 is 45.0 Å². The van der Waals surface area contributed by atoms with Crippen LogP contribution in [0.4, 0.5) is 0 Å². The molecule has 2 unspecified atom stereocenters. The lowest BCUT2D eigenvalue weighted by atomic mass is 10.2. The molecular weight excluding hydrogens is 326 g/mol. The summed E-state index contributed by atoms with van der Waals surface area (Å²) in [5, 5.41) is 68.3. The van der Waals surface area contributed by atoms with Gasteiger partial charge in [0.05, 0.1) is 25.4 Å². The van der Waals surface area contributed by atoms with E-state index in [0.717, 1.165) is 16.0 Å². The lowest BCUT2D eigenvalue weighted by Crippen LogP contribution is -2.78. The molecule has 11 heteroatoms. The molecule has 1 rings (SSSR count). The molecule has 0 aromatic rings. The van der Waals surface area contributed by atoms with Gasteiger partial charge in [0, 0.05) is 13.1 Å². The standard InChI is InChI=1S/C13H25N3O8/c1-9(10(20)21)8-16(4-7-19)12(23)14(2-5-17)11(22)15(3-6-18)13(16)24/h8,11-13,17-19,22-24H,2-7H2,1H3/p+1. The molecule has 24 heavy (non-hydrogen) atoms. The van der Waals surface area contributed by atoms with Crippen molar-refractivity contribution in [1.29, 1.82) is 0 Å². The third kappa shape index (κ3) is 3.91. The van der Waals surface area contributed by atoms with Crippen LogP contribution in [0, 0.1) is 0 Å². The highest BCUT2D eigenvalue weighted by molar-refractivity contribution is 5.85. The summed E-state index contributed by atoms with van der Waals surface area (Å²) in [6.45, 7) is -0.686. The second kappa shape index (κ2) is 8.80. The molecule has 11 nitrogen and oxygen atoms in total. The summed E-state index contributed by atoms with van der Waals surface area (Å²) in [5.41, 5.74) is -0.189. The topological polar surface area (TPSA) is 165 Å². The van der Waals surface area contributed by atoms with Crippen molar-refractivity contribution in [2.75, 3.05) is 39.5 Å². The van der Waals surface area contributed by atoms with Crippen molar-refractivity contribution in [3.05, 3.63) is 11.8 Å². The minimum absolute atomic E-state index is 0.178. The number of β-amino-alcohol motifs (C(OH)–C–C–N with tert-alkyl or cyclic N) is 2. The zero-order valence-electron chi connectivity index (χ0n) is 13.4. The SMILES string of the molecule is CC(=C[N+]1(CCO)C(O)N(CCO)C(O)N(CCO)C1O)C(=O)O. The number of hydrogen-bond acceptors (Lipinski definition) is 9. The van der Waals surface area contributed by atoms with Crippen LogP contribution < -0.4 is 0 Å². The average molecular weight is 352 g/mol. The monoisotopic (exact) mass is 352 g/mol. The van der Waals surface area contributed by atoms with E-state index in [0.29, 0.717) is 0 Å². The van der Waals surface area contributed by atoms with E-state index < -0.39 is 49.3 Å².